The molecule has 246 valence electrons. The summed E-state index contributed by atoms with van der Waals surface area (Å²) in [4.78, 5) is 54.0. The lowest BCUT2D eigenvalue weighted by molar-refractivity contribution is -0.232. The van der Waals surface area contributed by atoms with Crippen LogP contribution in [0.2, 0.25) is 0 Å². The van der Waals surface area contributed by atoms with E-state index in [1.165, 1.54) is 13.8 Å². The zero-order chi connectivity index (χ0) is 33.6. The van der Waals surface area contributed by atoms with E-state index in [1.807, 2.05) is 49.3 Å². The molecule has 2 fully saturated rings. The summed E-state index contributed by atoms with van der Waals surface area (Å²) >= 11 is 0. The predicted molar refractivity (Wildman–Crippen MR) is 166 cm³/mol. The zero-order valence-electron chi connectivity index (χ0n) is 27.6. The van der Waals surface area contributed by atoms with E-state index in [-0.39, 0.29) is 42.9 Å². The Morgan fingerprint density at radius 2 is 1.60 bits per heavy atom. The van der Waals surface area contributed by atoms with Crippen LogP contribution in [0.15, 0.2) is 53.6 Å². The molecule has 2 N–H and O–H groups in total. The van der Waals surface area contributed by atoms with Crippen molar-refractivity contribution < 1.29 is 43.6 Å². The summed E-state index contributed by atoms with van der Waals surface area (Å²) in [5.74, 6) is -3.20. The number of Topliss-reactive ketones (excluding diaryl/α,β-unsaturated/α-hetero) is 1. The molecule has 10 nitrogen and oxygen atoms in total. The van der Waals surface area contributed by atoms with Gasteiger partial charge in [-0.3, -0.25) is 19.2 Å². The quantitative estimate of drug-likeness (QED) is 0.261. The number of hydrogen-bond donors (Lipinski definition) is 2. The summed E-state index contributed by atoms with van der Waals surface area (Å²) in [6.45, 7) is 13.5. The van der Waals surface area contributed by atoms with E-state index in [2.05, 4.69) is 6.58 Å². The van der Waals surface area contributed by atoms with Crippen LogP contribution in [-0.2, 0) is 33.4 Å². The fourth-order valence-corrected chi connectivity index (χ4v) is 8.05. The molecule has 0 heterocycles. The zero-order valence-corrected chi connectivity index (χ0v) is 27.6. The number of aliphatic hydroxyl groups is 2. The number of ether oxygens (including phenoxy) is 3. The molecule has 2 bridgehead atoms. The number of hydrogen-bond acceptors (Lipinski definition) is 10. The highest BCUT2D eigenvalue weighted by Crippen LogP contribution is 2.61. The van der Waals surface area contributed by atoms with E-state index in [0.717, 1.165) is 5.56 Å². The van der Waals surface area contributed by atoms with Crippen molar-refractivity contribution in [2.24, 2.45) is 16.7 Å². The number of ketones is 1. The van der Waals surface area contributed by atoms with Gasteiger partial charge in [-0.1, -0.05) is 57.7 Å². The van der Waals surface area contributed by atoms with Crippen LogP contribution in [0, 0.1) is 16.7 Å². The summed E-state index contributed by atoms with van der Waals surface area (Å²) in [6, 6.07) is 9.36. The Morgan fingerprint density at radius 3 is 2.16 bits per heavy atom. The van der Waals surface area contributed by atoms with Crippen molar-refractivity contribution in [3.8, 4) is 0 Å². The molecule has 2 saturated carbocycles. The van der Waals surface area contributed by atoms with Crippen molar-refractivity contribution in [1.29, 1.82) is 0 Å². The van der Waals surface area contributed by atoms with Gasteiger partial charge in [-0.05, 0) is 56.1 Å². The fourth-order valence-electron chi connectivity index (χ4n) is 8.05. The molecule has 0 amide bonds. The molecule has 4 rings (SSSR count). The Bertz CT molecular complexity index is 1400. The minimum absolute atomic E-state index is 0.0593. The van der Waals surface area contributed by atoms with Crippen LogP contribution in [0.4, 0.5) is 0 Å². The largest absolute Gasteiger partial charge is 0.459 e. The van der Waals surface area contributed by atoms with Crippen LogP contribution in [0.1, 0.15) is 78.8 Å². The van der Waals surface area contributed by atoms with Gasteiger partial charge in [0.15, 0.2) is 5.78 Å². The predicted octanol–water partition coefficient (Wildman–Crippen LogP) is 3.85. The van der Waals surface area contributed by atoms with Gasteiger partial charge in [0.2, 0.25) is 0 Å². The number of carbonyl (C=O) groups excluding carboxylic acids is 4. The number of rotatable bonds is 7. The van der Waals surface area contributed by atoms with Crippen LogP contribution in [-0.4, -0.2) is 82.9 Å². The smallest absolute Gasteiger partial charge is 0.308 e. The average Bonchev–Trinajstić information content (AvgIpc) is 2.94. The number of carbonyl (C=O) groups is 4. The highest BCUT2D eigenvalue weighted by molar-refractivity contribution is 5.98. The highest BCUT2D eigenvalue weighted by Gasteiger charge is 2.68. The number of nitrogens with zero attached hydrogens (tertiary/aromatic N) is 1. The molecule has 8 atom stereocenters. The Morgan fingerprint density at radius 1 is 1.02 bits per heavy atom. The third-order valence-electron chi connectivity index (χ3n) is 10.5. The second-order valence-corrected chi connectivity index (χ2v) is 13.9. The van der Waals surface area contributed by atoms with Gasteiger partial charge in [-0.2, -0.15) is 0 Å². The first-order chi connectivity index (χ1) is 20.9. The molecule has 3 aliphatic carbocycles. The van der Waals surface area contributed by atoms with Gasteiger partial charge in [0.05, 0.1) is 6.42 Å². The average molecular weight is 626 g/mol. The molecule has 10 heteroatoms. The molecular weight excluding hydrogens is 578 g/mol. The van der Waals surface area contributed by atoms with Gasteiger partial charge < -0.3 is 29.3 Å². The van der Waals surface area contributed by atoms with Gasteiger partial charge in [0.1, 0.15) is 30.0 Å². The molecule has 1 aromatic carbocycles. The van der Waals surface area contributed by atoms with Gasteiger partial charge in [-0.15, -0.1) is 0 Å². The topological polar surface area (TPSA) is 140 Å². The van der Waals surface area contributed by atoms with E-state index in [0.29, 0.717) is 5.57 Å². The molecule has 0 aromatic heterocycles. The maximum atomic E-state index is 13.5. The molecule has 0 aliphatic heterocycles. The number of aliphatic hydroxyl groups excluding tert-OH is 1. The van der Waals surface area contributed by atoms with Crippen LogP contribution >= 0.6 is 0 Å². The summed E-state index contributed by atoms with van der Waals surface area (Å²) in [5, 5.41) is 24.5. The second-order valence-electron chi connectivity index (χ2n) is 13.9. The molecule has 0 radical (unpaired) electrons. The van der Waals surface area contributed by atoms with Gasteiger partial charge in [-0.25, -0.2) is 0 Å². The minimum atomic E-state index is -1.98. The second kappa shape index (κ2) is 12.5. The van der Waals surface area contributed by atoms with E-state index in [4.69, 9.17) is 14.2 Å². The Labute approximate surface area is 265 Å². The Hall–Kier alpha value is -3.34. The normalized spacial score (nSPS) is 33.4. The first kappa shape index (κ1) is 34.5. The minimum Gasteiger partial charge on any atom is -0.459 e. The van der Waals surface area contributed by atoms with Crippen molar-refractivity contribution in [3.05, 3.63) is 59.2 Å². The first-order valence-electron chi connectivity index (χ1n) is 15.5. The Balaban J connectivity index is 1.81. The van der Waals surface area contributed by atoms with Crippen LogP contribution in [0.5, 0.6) is 0 Å². The van der Waals surface area contributed by atoms with Gasteiger partial charge >= 0.3 is 17.9 Å². The van der Waals surface area contributed by atoms with Crippen molar-refractivity contribution in [3.63, 3.8) is 0 Å². The summed E-state index contributed by atoms with van der Waals surface area (Å²) in [5.41, 5.74) is -2.61. The molecule has 0 unspecified atom stereocenters. The number of fused-ring (bicyclic) bond motifs is 3. The van der Waals surface area contributed by atoms with Crippen molar-refractivity contribution in [1.82, 2.24) is 4.90 Å². The van der Waals surface area contributed by atoms with Crippen LogP contribution < -0.4 is 0 Å². The lowest BCUT2D eigenvalue weighted by Crippen LogP contribution is -2.70. The summed E-state index contributed by atoms with van der Waals surface area (Å²) in [7, 11) is 3.76. The van der Waals surface area contributed by atoms with Crippen LogP contribution in [0.3, 0.4) is 0 Å². The van der Waals surface area contributed by atoms with Gasteiger partial charge in [0.25, 0.3) is 0 Å². The molecule has 0 spiro atoms. The highest BCUT2D eigenvalue weighted by atomic mass is 16.6. The Kier molecular flexibility index (Phi) is 9.56. The van der Waals surface area contributed by atoms with Crippen molar-refractivity contribution in [2.45, 2.75) is 103 Å². The monoisotopic (exact) mass is 625 g/mol. The van der Waals surface area contributed by atoms with Crippen molar-refractivity contribution >= 4 is 23.7 Å². The molecular formula is C35H47NO9. The maximum Gasteiger partial charge on any atom is 0.308 e. The standard InChI is InChI=1S/C35H47NO9/c1-19-25(39)18-35(42)31(43-21(3)37)29-20(2)26(45-27(40)17-24(36(8)9)23-13-11-10-12-14-23)15-16-34(29,7)32(44-22(4)38)30(41)28(19)33(35,5)6/h10-14,24,26,29-32,41-42H,2,15-18H2,1,3-9H3/t24-,26+,29+,30-,31+,32+,34-,35-/m1/s1. The maximum absolute atomic E-state index is 13.5. The molecule has 1 aromatic rings. The SMILES string of the molecule is C=C1[C@@H](OC(=O)C[C@H](c2ccccc2)N(C)C)CC[C@@]2(C)[C@@H](OC(C)=O)[C@H](O)C3=C(C)C(=O)C[C@@](O)([C@@H](OC(C)=O)[C@H]12)C3(C)C. The van der Waals surface area contributed by atoms with Crippen LogP contribution in [0.25, 0.3) is 0 Å². The van der Waals surface area contributed by atoms with E-state index >= 15 is 0 Å². The van der Waals surface area contributed by atoms with E-state index < -0.39 is 70.5 Å². The lowest BCUT2D eigenvalue weighted by atomic mass is 9.48. The van der Waals surface area contributed by atoms with E-state index in [9.17, 15) is 29.4 Å². The number of benzene rings is 1. The summed E-state index contributed by atoms with van der Waals surface area (Å²) in [6.07, 6.45) is -4.59. The fraction of sp³-hybridized carbons (Fsp3) is 0.600. The molecule has 0 saturated heterocycles. The third kappa shape index (κ3) is 6.00. The number of allylic oxidation sites excluding steroid dienone is 1. The van der Waals surface area contributed by atoms with Crippen molar-refractivity contribution in [2.75, 3.05) is 14.1 Å². The number of esters is 3. The first-order valence-corrected chi connectivity index (χ1v) is 15.5. The third-order valence-corrected chi connectivity index (χ3v) is 10.5. The lowest BCUT2D eigenvalue weighted by Gasteiger charge is -2.61. The molecule has 45 heavy (non-hydrogen) atoms. The van der Waals surface area contributed by atoms with E-state index in [1.54, 1.807) is 27.7 Å². The summed E-state index contributed by atoms with van der Waals surface area (Å²) < 4.78 is 17.9. The molecule has 3 aliphatic rings. The van der Waals surface area contributed by atoms with Gasteiger partial charge in [0, 0.05) is 43.1 Å².